The maximum absolute atomic E-state index is 6.90. The quantitative estimate of drug-likeness (QED) is 0.223. The van der Waals surface area contributed by atoms with Crippen LogP contribution >= 0.6 is 69.3 Å². The van der Waals surface area contributed by atoms with Gasteiger partial charge in [-0.05, 0) is 24.3 Å². The van der Waals surface area contributed by atoms with Gasteiger partial charge in [-0.2, -0.15) is 5.10 Å². The molecule has 0 saturated carbocycles. The SMILES string of the molecule is Clc1ccc(-c2nn(-c3nc(-c4ccccc4)cs3)c(-c3ccc(Cl)c(Cl)c3)c2Cl)cc1Cl. The first-order chi connectivity index (χ1) is 15.9. The van der Waals surface area contributed by atoms with Crippen LogP contribution in [0, 0.1) is 0 Å². The molecule has 0 aliphatic rings. The van der Waals surface area contributed by atoms with E-state index in [9.17, 15) is 0 Å². The van der Waals surface area contributed by atoms with Crippen molar-refractivity contribution in [2.45, 2.75) is 0 Å². The predicted octanol–water partition coefficient (Wildman–Crippen LogP) is 9.60. The van der Waals surface area contributed by atoms with E-state index in [0.29, 0.717) is 41.6 Å². The zero-order valence-electron chi connectivity index (χ0n) is 16.6. The van der Waals surface area contributed by atoms with Crippen LogP contribution in [0.5, 0.6) is 0 Å². The maximum Gasteiger partial charge on any atom is 0.211 e. The Morgan fingerprint density at radius 1 is 0.667 bits per heavy atom. The molecule has 0 fully saturated rings. The molecule has 0 amide bonds. The highest BCUT2D eigenvalue weighted by molar-refractivity contribution is 7.12. The van der Waals surface area contributed by atoms with E-state index in [4.69, 9.17) is 68.1 Å². The molecule has 0 spiro atoms. The molecule has 0 saturated heterocycles. The Hall–Kier alpha value is -2.05. The van der Waals surface area contributed by atoms with Gasteiger partial charge in [-0.25, -0.2) is 9.67 Å². The van der Waals surface area contributed by atoms with Crippen LogP contribution in [-0.2, 0) is 0 Å². The molecule has 2 heterocycles. The summed E-state index contributed by atoms with van der Waals surface area (Å²) in [5.74, 6) is 0. The summed E-state index contributed by atoms with van der Waals surface area (Å²) in [7, 11) is 0. The molecule has 3 nitrogen and oxygen atoms in total. The summed E-state index contributed by atoms with van der Waals surface area (Å²) < 4.78 is 1.72. The first-order valence-electron chi connectivity index (χ1n) is 9.63. The summed E-state index contributed by atoms with van der Waals surface area (Å²) in [6.07, 6.45) is 0. The second kappa shape index (κ2) is 9.30. The number of hydrogen-bond donors (Lipinski definition) is 0. The second-order valence-corrected chi connectivity index (χ2v) is 9.91. The predicted molar refractivity (Wildman–Crippen MR) is 141 cm³/mol. The monoisotopic (exact) mass is 549 g/mol. The Bertz CT molecular complexity index is 1480. The average molecular weight is 552 g/mol. The van der Waals surface area contributed by atoms with E-state index in [1.165, 1.54) is 11.3 Å². The molecule has 0 atom stereocenters. The minimum absolute atomic E-state index is 0.413. The largest absolute Gasteiger partial charge is 0.218 e. The molecule has 2 aromatic heterocycles. The third-order valence-corrected chi connectivity index (χ3v) is 7.61. The number of aromatic nitrogens is 3. The minimum atomic E-state index is 0.413. The van der Waals surface area contributed by atoms with E-state index in [0.717, 1.165) is 22.4 Å². The molecule has 0 radical (unpaired) electrons. The molecule has 0 aliphatic carbocycles. The van der Waals surface area contributed by atoms with E-state index in [1.807, 2.05) is 47.8 Å². The first kappa shape index (κ1) is 22.7. The van der Waals surface area contributed by atoms with Gasteiger partial charge >= 0.3 is 0 Å². The van der Waals surface area contributed by atoms with Crippen molar-refractivity contribution in [2.24, 2.45) is 0 Å². The highest BCUT2D eigenvalue weighted by Gasteiger charge is 2.23. The molecule has 3 aromatic carbocycles. The maximum atomic E-state index is 6.90. The van der Waals surface area contributed by atoms with Gasteiger partial charge in [0.15, 0.2) is 0 Å². The van der Waals surface area contributed by atoms with Crippen LogP contribution in [0.3, 0.4) is 0 Å². The Kier molecular flexibility index (Phi) is 6.41. The fourth-order valence-electron chi connectivity index (χ4n) is 3.36. The lowest BCUT2D eigenvalue weighted by molar-refractivity contribution is 0.881. The van der Waals surface area contributed by atoms with E-state index in [-0.39, 0.29) is 0 Å². The van der Waals surface area contributed by atoms with Crippen LogP contribution in [0.1, 0.15) is 0 Å². The van der Waals surface area contributed by atoms with Gasteiger partial charge in [-0.15, -0.1) is 11.3 Å². The van der Waals surface area contributed by atoms with Crippen molar-refractivity contribution in [1.82, 2.24) is 14.8 Å². The summed E-state index contributed by atoms with van der Waals surface area (Å²) in [5.41, 5.74) is 4.54. The molecule has 5 rings (SSSR count). The molecule has 5 aromatic rings. The molecule has 0 aliphatic heterocycles. The van der Waals surface area contributed by atoms with E-state index >= 15 is 0 Å². The lowest BCUT2D eigenvalue weighted by Gasteiger charge is -2.06. The van der Waals surface area contributed by atoms with Crippen molar-refractivity contribution in [3.8, 4) is 38.9 Å². The van der Waals surface area contributed by atoms with E-state index < -0.39 is 0 Å². The zero-order chi connectivity index (χ0) is 23.1. The van der Waals surface area contributed by atoms with Crippen LogP contribution in [0.2, 0.25) is 25.1 Å². The summed E-state index contributed by atoms with van der Waals surface area (Å²) in [5, 5.41) is 9.62. The Balaban J connectivity index is 1.71. The molecule has 0 N–H and O–H groups in total. The molecule has 164 valence electrons. The number of benzene rings is 3. The molecule has 33 heavy (non-hydrogen) atoms. The highest BCUT2D eigenvalue weighted by Crippen LogP contribution is 2.41. The normalized spacial score (nSPS) is 11.2. The molecule has 0 bridgehead atoms. The topological polar surface area (TPSA) is 30.7 Å². The van der Waals surface area contributed by atoms with Gasteiger partial charge in [0, 0.05) is 22.1 Å². The molecule has 0 unspecified atom stereocenters. The van der Waals surface area contributed by atoms with Crippen LogP contribution in [-0.4, -0.2) is 14.8 Å². The van der Waals surface area contributed by atoms with Crippen LogP contribution < -0.4 is 0 Å². The molecular weight excluding hydrogens is 540 g/mol. The zero-order valence-corrected chi connectivity index (χ0v) is 21.2. The highest BCUT2D eigenvalue weighted by atomic mass is 35.5. The lowest BCUT2D eigenvalue weighted by Crippen LogP contribution is -1.99. The standard InChI is InChI=1S/C24H12Cl5N3S/c25-16-8-6-14(10-18(16)27)22-21(29)23(15-7-9-17(26)19(28)11-15)32(31-22)24-30-20(12-33-24)13-4-2-1-3-5-13/h1-12H. The minimum Gasteiger partial charge on any atom is -0.218 e. The third kappa shape index (κ3) is 4.40. The fraction of sp³-hybridized carbons (Fsp3) is 0. The van der Waals surface area contributed by atoms with Crippen molar-refractivity contribution in [1.29, 1.82) is 0 Å². The summed E-state index contributed by atoms with van der Waals surface area (Å²) in [6.45, 7) is 0. The smallest absolute Gasteiger partial charge is 0.211 e. The van der Waals surface area contributed by atoms with Crippen molar-refractivity contribution in [3.63, 3.8) is 0 Å². The van der Waals surface area contributed by atoms with Crippen LogP contribution in [0.4, 0.5) is 0 Å². The number of thiazole rings is 1. The third-order valence-electron chi connectivity index (χ3n) is 4.96. The van der Waals surface area contributed by atoms with Gasteiger partial charge in [0.1, 0.15) is 5.69 Å². The van der Waals surface area contributed by atoms with Crippen molar-refractivity contribution in [3.05, 3.63) is 97.2 Å². The van der Waals surface area contributed by atoms with Crippen molar-refractivity contribution < 1.29 is 0 Å². The van der Waals surface area contributed by atoms with Gasteiger partial charge in [0.05, 0.1) is 36.5 Å². The number of halogens is 5. The van der Waals surface area contributed by atoms with Crippen LogP contribution in [0.15, 0.2) is 72.1 Å². The summed E-state index contributed by atoms with van der Waals surface area (Å²) in [4.78, 5) is 4.81. The number of nitrogens with zero attached hydrogens (tertiary/aromatic N) is 3. The Morgan fingerprint density at radius 2 is 1.30 bits per heavy atom. The Morgan fingerprint density at radius 3 is 1.97 bits per heavy atom. The molecule has 9 heteroatoms. The average Bonchev–Trinajstić information content (AvgIpc) is 3.43. The van der Waals surface area contributed by atoms with E-state index in [2.05, 4.69) is 0 Å². The lowest BCUT2D eigenvalue weighted by atomic mass is 10.1. The van der Waals surface area contributed by atoms with Gasteiger partial charge in [-0.1, -0.05) is 100 Å². The van der Waals surface area contributed by atoms with Gasteiger partial charge in [0.25, 0.3) is 0 Å². The van der Waals surface area contributed by atoms with Gasteiger partial charge in [-0.3, -0.25) is 0 Å². The van der Waals surface area contributed by atoms with Crippen molar-refractivity contribution in [2.75, 3.05) is 0 Å². The first-order valence-corrected chi connectivity index (χ1v) is 12.4. The second-order valence-electron chi connectivity index (χ2n) is 7.06. The summed E-state index contributed by atoms with van der Waals surface area (Å²) >= 11 is 33.2. The number of rotatable bonds is 4. The van der Waals surface area contributed by atoms with Gasteiger partial charge in [0.2, 0.25) is 5.13 Å². The van der Waals surface area contributed by atoms with Crippen molar-refractivity contribution >= 4 is 69.3 Å². The van der Waals surface area contributed by atoms with Crippen LogP contribution in [0.25, 0.3) is 38.9 Å². The Labute approximate surface area is 219 Å². The summed E-state index contributed by atoms with van der Waals surface area (Å²) in [6, 6.07) is 20.5. The van der Waals surface area contributed by atoms with E-state index in [1.54, 1.807) is 28.9 Å². The van der Waals surface area contributed by atoms with Gasteiger partial charge < -0.3 is 0 Å². The number of hydrogen-bond acceptors (Lipinski definition) is 3. The molecular formula is C24H12Cl5N3S. The fourth-order valence-corrected chi connectivity index (χ4v) is 5.08.